The van der Waals surface area contributed by atoms with E-state index in [1.54, 1.807) is 6.20 Å². The van der Waals surface area contributed by atoms with Crippen LogP contribution in [0.1, 0.15) is 44.2 Å². The maximum absolute atomic E-state index is 5.29. The van der Waals surface area contributed by atoms with Crippen molar-refractivity contribution in [2.24, 2.45) is 10.9 Å². The Kier molecular flexibility index (Phi) is 6.68. The zero-order chi connectivity index (χ0) is 14.1. The minimum atomic E-state index is 0.694. The standard InChI is InChI=1S/C18H23N/c1-5-7-8-15(3)9-10-17-11-13-18(14-12-17)16(4)19-6-2/h1,6,11-15H,2,7-10H2,3-4H3/b19-16+. The molecule has 0 fully saturated rings. The van der Waals surface area contributed by atoms with Crippen LogP contribution in [0.4, 0.5) is 0 Å². The van der Waals surface area contributed by atoms with Crippen LogP contribution in [0.25, 0.3) is 0 Å². The molecule has 0 saturated carbocycles. The van der Waals surface area contributed by atoms with E-state index < -0.39 is 0 Å². The summed E-state index contributed by atoms with van der Waals surface area (Å²) in [5.41, 5.74) is 3.54. The highest BCUT2D eigenvalue weighted by atomic mass is 14.7. The normalized spacial score (nSPS) is 12.8. The lowest BCUT2D eigenvalue weighted by atomic mass is 9.96. The fourth-order valence-corrected chi connectivity index (χ4v) is 2.01. The van der Waals surface area contributed by atoms with Gasteiger partial charge in [0.15, 0.2) is 0 Å². The molecule has 1 atom stereocenters. The molecule has 0 aromatic heterocycles. The van der Waals surface area contributed by atoms with Gasteiger partial charge >= 0.3 is 0 Å². The van der Waals surface area contributed by atoms with Crippen LogP contribution in [0.3, 0.4) is 0 Å². The Bertz CT molecular complexity index is 459. The zero-order valence-electron chi connectivity index (χ0n) is 12.0. The van der Waals surface area contributed by atoms with Gasteiger partial charge in [-0.25, -0.2) is 0 Å². The Morgan fingerprint density at radius 2 is 2.05 bits per heavy atom. The van der Waals surface area contributed by atoms with E-state index in [1.807, 2.05) is 6.92 Å². The van der Waals surface area contributed by atoms with E-state index in [4.69, 9.17) is 6.42 Å². The summed E-state index contributed by atoms with van der Waals surface area (Å²) in [5, 5.41) is 0. The molecule has 0 N–H and O–H groups in total. The molecule has 0 amide bonds. The van der Waals surface area contributed by atoms with Gasteiger partial charge in [0.2, 0.25) is 0 Å². The molecule has 0 radical (unpaired) electrons. The van der Waals surface area contributed by atoms with E-state index in [0.29, 0.717) is 5.92 Å². The maximum atomic E-state index is 5.29. The highest BCUT2D eigenvalue weighted by molar-refractivity contribution is 5.99. The number of aliphatic imine (C=N–C) groups is 1. The Labute approximate surface area is 117 Å². The van der Waals surface area contributed by atoms with Crippen molar-refractivity contribution in [3.05, 3.63) is 48.2 Å². The Balaban J connectivity index is 2.51. The van der Waals surface area contributed by atoms with Crippen LogP contribution in [-0.2, 0) is 6.42 Å². The average Bonchev–Trinajstić information content (AvgIpc) is 2.43. The second kappa shape index (κ2) is 8.32. The molecule has 0 aliphatic carbocycles. The molecule has 0 heterocycles. The van der Waals surface area contributed by atoms with Crippen LogP contribution in [0.5, 0.6) is 0 Å². The van der Waals surface area contributed by atoms with Gasteiger partial charge in [-0.1, -0.05) is 37.8 Å². The molecule has 1 unspecified atom stereocenters. The van der Waals surface area contributed by atoms with Crippen molar-refractivity contribution in [3.8, 4) is 12.3 Å². The summed E-state index contributed by atoms with van der Waals surface area (Å²) < 4.78 is 0. The SMILES string of the molecule is C#CCCC(C)CCc1ccc(/C(C)=N/C=C)cc1. The van der Waals surface area contributed by atoms with Crippen molar-refractivity contribution < 1.29 is 0 Å². The maximum Gasteiger partial charge on any atom is 0.0444 e. The molecule has 19 heavy (non-hydrogen) atoms. The van der Waals surface area contributed by atoms with Crippen molar-refractivity contribution in [3.63, 3.8) is 0 Å². The highest BCUT2D eigenvalue weighted by Gasteiger charge is 2.03. The van der Waals surface area contributed by atoms with E-state index in [0.717, 1.165) is 30.5 Å². The van der Waals surface area contributed by atoms with E-state index in [9.17, 15) is 0 Å². The number of aryl methyl sites for hydroxylation is 1. The van der Waals surface area contributed by atoms with Crippen molar-refractivity contribution in [2.75, 3.05) is 0 Å². The topological polar surface area (TPSA) is 12.4 Å². The molecule has 0 aliphatic rings. The van der Waals surface area contributed by atoms with Crippen molar-refractivity contribution in [1.82, 2.24) is 0 Å². The van der Waals surface area contributed by atoms with Crippen LogP contribution < -0.4 is 0 Å². The predicted octanol–water partition coefficient (Wildman–Crippen LogP) is 4.62. The van der Waals surface area contributed by atoms with Gasteiger partial charge in [-0.15, -0.1) is 12.3 Å². The van der Waals surface area contributed by atoms with Crippen LogP contribution in [-0.4, -0.2) is 5.71 Å². The quantitative estimate of drug-likeness (QED) is 0.496. The lowest BCUT2D eigenvalue weighted by Crippen LogP contribution is -1.98. The van der Waals surface area contributed by atoms with Gasteiger partial charge in [0.05, 0.1) is 0 Å². The number of rotatable bonds is 7. The van der Waals surface area contributed by atoms with Crippen LogP contribution in [0, 0.1) is 18.3 Å². The lowest BCUT2D eigenvalue weighted by molar-refractivity contribution is 0.500. The molecule has 1 rings (SSSR count). The number of benzene rings is 1. The molecule has 1 aromatic carbocycles. The van der Waals surface area contributed by atoms with Gasteiger partial charge < -0.3 is 0 Å². The van der Waals surface area contributed by atoms with Gasteiger partial charge in [-0.3, -0.25) is 4.99 Å². The Morgan fingerprint density at radius 1 is 1.37 bits per heavy atom. The van der Waals surface area contributed by atoms with Gasteiger partial charge in [0.1, 0.15) is 0 Å². The first kappa shape index (κ1) is 15.2. The molecule has 1 heteroatoms. The summed E-state index contributed by atoms with van der Waals surface area (Å²) in [5.74, 6) is 3.40. The first-order valence-corrected chi connectivity index (χ1v) is 6.85. The predicted molar refractivity (Wildman–Crippen MR) is 84.4 cm³/mol. The van der Waals surface area contributed by atoms with Crippen molar-refractivity contribution in [1.29, 1.82) is 0 Å². The minimum absolute atomic E-state index is 0.694. The summed E-state index contributed by atoms with van der Waals surface area (Å²) in [6.45, 7) is 7.88. The third-order valence-electron chi connectivity index (χ3n) is 3.36. The molecular formula is C18H23N. The third-order valence-corrected chi connectivity index (χ3v) is 3.36. The largest absolute Gasteiger partial charge is 0.262 e. The molecule has 0 saturated heterocycles. The van der Waals surface area contributed by atoms with Gasteiger partial charge in [0.25, 0.3) is 0 Å². The fraction of sp³-hybridized carbons (Fsp3) is 0.389. The minimum Gasteiger partial charge on any atom is -0.262 e. The van der Waals surface area contributed by atoms with E-state index in [2.05, 4.69) is 48.7 Å². The Hall–Kier alpha value is -1.81. The van der Waals surface area contributed by atoms with Gasteiger partial charge in [-0.2, -0.15) is 0 Å². The molecular weight excluding hydrogens is 230 g/mol. The number of hydrogen-bond acceptors (Lipinski definition) is 1. The number of terminal acetylenes is 1. The lowest BCUT2D eigenvalue weighted by Gasteiger charge is -2.09. The molecule has 0 aliphatic heterocycles. The molecule has 0 bridgehead atoms. The van der Waals surface area contributed by atoms with Crippen LogP contribution >= 0.6 is 0 Å². The average molecular weight is 253 g/mol. The van der Waals surface area contributed by atoms with Gasteiger partial charge in [0, 0.05) is 18.3 Å². The first-order chi connectivity index (χ1) is 9.17. The number of nitrogens with zero attached hydrogens (tertiary/aromatic N) is 1. The van der Waals surface area contributed by atoms with Crippen molar-refractivity contribution >= 4 is 5.71 Å². The van der Waals surface area contributed by atoms with E-state index in [1.165, 1.54) is 12.0 Å². The second-order valence-electron chi connectivity index (χ2n) is 4.98. The van der Waals surface area contributed by atoms with E-state index in [-0.39, 0.29) is 0 Å². The Morgan fingerprint density at radius 3 is 2.63 bits per heavy atom. The molecule has 1 nitrogen and oxygen atoms in total. The third kappa shape index (κ3) is 5.57. The fourth-order valence-electron chi connectivity index (χ4n) is 2.01. The smallest absolute Gasteiger partial charge is 0.0444 e. The van der Waals surface area contributed by atoms with E-state index >= 15 is 0 Å². The first-order valence-electron chi connectivity index (χ1n) is 6.85. The summed E-state index contributed by atoms with van der Waals surface area (Å²) in [6.07, 6.45) is 11.2. The second-order valence-corrected chi connectivity index (χ2v) is 4.98. The molecule has 1 aromatic rings. The number of hydrogen-bond donors (Lipinski definition) is 0. The summed E-state index contributed by atoms with van der Waals surface area (Å²) in [7, 11) is 0. The van der Waals surface area contributed by atoms with Crippen LogP contribution in [0.2, 0.25) is 0 Å². The summed E-state index contributed by atoms with van der Waals surface area (Å²) >= 11 is 0. The summed E-state index contributed by atoms with van der Waals surface area (Å²) in [4.78, 5) is 4.19. The highest BCUT2D eigenvalue weighted by Crippen LogP contribution is 2.15. The monoisotopic (exact) mass is 253 g/mol. The summed E-state index contributed by atoms with van der Waals surface area (Å²) in [6, 6.07) is 8.63. The van der Waals surface area contributed by atoms with Crippen molar-refractivity contribution in [2.45, 2.75) is 39.5 Å². The molecule has 0 spiro atoms. The zero-order valence-corrected chi connectivity index (χ0v) is 12.0. The van der Waals surface area contributed by atoms with Crippen LogP contribution in [0.15, 0.2) is 42.0 Å². The van der Waals surface area contributed by atoms with Gasteiger partial charge in [-0.05, 0) is 43.2 Å². The molecule has 100 valence electrons.